The van der Waals surface area contributed by atoms with E-state index in [1.54, 1.807) is 18.2 Å². The molecule has 1 heterocycles. The SMILES string of the molecule is CS(=O)(=O)N[C@H]1CCCN(C(=O)C2(F)CC2c2ccccc2-c2c(F)cccc2F)C1. The number of hydrogen-bond donors (Lipinski definition) is 1. The van der Waals surface area contributed by atoms with Crippen molar-refractivity contribution in [3.63, 3.8) is 0 Å². The molecule has 0 bridgehead atoms. The van der Waals surface area contributed by atoms with Crippen LogP contribution < -0.4 is 4.72 Å². The van der Waals surface area contributed by atoms with E-state index >= 15 is 4.39 Å². The Balaban J connectivity index is 1.58. The topological polar surface area (TPSA) is 66.5 Å². The second-order valence-corrected chi connectivity index (χ2v) is 10.1. The summed E-state index contributed by atoms with van der Waals surface area (Å²) in [6.45, 7) is 0.427. The Morgan fingerprint density at radius 2 is 1.81 bits per heavy atom. The lowest BCUT2D eigenvalue weighted by Crippen LogP contribution is -2.51. The Hall–Kier alpha value is -2.39. The number of nitrogens with one attached hydrogen (secondary N) is 1. The lowest BCUT2D eigenvalue weighted by molar-refractivity contribution is -0.139. The third-order valence-electron chi connectivity index (χ3n) is 5.91. The van der Waals surface area contributed by atoms with Gasteiger partial charge in [0.15, 0.2) is 5.67 Å². The van der Waals surface area contributed by atoms with Crippen LogP contribution in [-0.2, 0) is 14.8 Å². The molecule has 1 amide bonds. The molecule has 1 aliphatic heterocycles. The fourth-order valence-corrected chi connectivity index (χ4v) is 5.24. The lowest BCUT2D eigenvalue weighted by Gasteiger charge is -2.33. The first-order valence-electron chi connectivity index (χ1n) is 10.1. The van der Waals surface area contributed by atoms with Gasteiger partial charge in [0.1, 0.15) is 11.6 Å². The van der Waals surface area contributed by atoms with Gasteiger partial charge >= 0.3 is 0 Å². The zero-order chi connectivity index (χ0) is 22.4. The Bertz CT molecular complexity index is 1100. The van der Waals surface area contributed by atoms with Crippen LogP contribution in [0.15, 0.2) is 42.5 Å². The first-order chi connectivity index (χ1) is 14.6. The Morgan fingerprint density at radius 1 is 1.13 bits per heavy atom. The summed E-state index contributed by atoms with van der Waals surface area (Å²) in [4.78, 5) is 14.3. The minimum atomic E-state index is -3.44. The van der Waals surface area contributed by atoms with E-state index in [1.807, 2.05) is 0 Å². The Kier molecular flexibility index (Phi) is 5.59. The van der Waals surface area contributed by atoms with E-state index in [4.69, 9.17) is 0 Å². The second-order valence-electron chi connectivity index (χ2n) is 8.28. The number of alkyl halides is 1. The minimum absolute atomic E-state index is 0.0837. The summed E-state index contributed by atoms with van der Waals surface area (Å²) >= 11 is 0. The molecular formula is C22H23F3N2O3S. The van der Waals surface area contributed by atoms with E-state index in [9.17, 15) is 22.0 Å². The van der Waals surface area contributed by atoms with Gasteiger partial charge in [-0.05, 0) is 36.1 Å². The highest BCUT2D eigenvalue weighted by molar-refractivity contribution is 7.88. The van der Waals surface area contributed by atoms with E-state index in [2.05, 4.69) is 4.72 Å². The summed E-state index contributed by atoms with van der Waals surface area (Å²) in [5.41, 5.74) is -1.81. The molecule has 166 valence electrons. The van der Waals surface area contributed by atoms with Gasteiger partial charge in [-0.2, -0.15) is 0 Å². The number of carbonyl (C=O) groups excluding carboxylic acids is 1. The van der Waals surface area contributed by atoms with Crippen molar-refractivity contribution in [1.82, 2.24) is 9.62 Å². The zero-order valence-corrected chi connectivity index (χ0v) is 17.8. The van der Waals surface area contributed by atoms with Crippen LogP contribution in [0, 0.1) is 11.6 Å². The summed E-state index contributed by atoms with van der Waals surface area (Å²) in [7, 11) is -3.44. The number of halogens is 3. The molecule has 2 fully saturated rings. The lowest BCUT2D eigenvalue weighted by atomic mass is 9.94. The molecule has 0 aromatic heterocycles. The van der Waals surface area contributed by atoms with Gasteiger partial charge in [-0.15, -0.1) is 0 Å². The predicted molar refractivity (Wildman–Crippen MR) is 111 cm³/mol. The number of amides is 1. The monoisotopic (exact) mass is 452 g/mol. The average molecular weight is 452 g/mol. The zero-order valence-electron chi connectivity index (χ0n) is 16.9. The van der Waals surface area contributed by atoms with Crippen LogP contribution in [0.5, 0.6) is 0 Å². The second kappa shape index (κ2) is 7.94. The molecule has 2 unspecified atom stereocenters. The van der Waals surface area contributed by atoms with Gasteiger partial charge in [0.05, 0.1) is 11.8 Å². The number of carbonyl (C=O) groups is 1. The van der Waals surface area contributed by atoms with Crippen LogP contribution >= 0.6 is 0 Å². The van der Waals surface area contributed by atoms with Crippen LogP contribution in [0.1, 0.15) is 30.7 Å². The van der Waals surface area contributed by atoms with Crippen LogP contribution in [-0.4, -0.2) is 50.3 Å². The maximum absolute atomic E-state index is 15.7. The highest BCUT2D eigenvalue weighted by atomic mass is 32.2. The molecule has 9 heteroatoms. The molecule has 5 nitrogen and oxygen atoms in total. The first-order valence-corrected chi connectivity index (χ1v) is 12.0. The van der Waals surface area contributed by atoms with Gasteiger partial charge in [0.2, 0.25) is 10.0 Å². The van der Waals surface area contributed by atoms with Gasteiger partial charge in [-0.3, -0.25) is 4.79 Å². The molecule has 4 rings (SSSR count). The van der Waals surface area contributed by atoms with E-state index in [0.29, 0.717) is 24.9 Å². The molecule has 3 atom stereocenters. The number of nitrogens with zero attached hydrogens (tertiary/aromatic N) is 1. The molecule has 0 spiro atoms. The smallest absolute Gasteiger partial charge is 0.260 e. The average Bonchev–Trinajstić information content (AvgIpc) is 3.39. The summed E-state index contributed by atoms with van der Waals surface area (Å²) in [6, 6.07) is 9.44. The van der Waals surface area contributed by atoms with Crippen molar-refractivity contribution in [3.05, 3.63) is 59.7 Å². The molecule has 1 saturated carbocycles. The maximum atomic E-state index is 15.7. The van der Waals surface area contributed by atoms with E-state index in [-0.39, 0.29) is 24.1 Å². The first kappa shape index (κ1) is 21.8. The number of rotatable bonds is 5. The Morgan fingerprint density at radius 3 is 2.48 bits per heavy atom. The highest BCUT2D eigenvalue weighted by Gasteiger charge is 2.64. The molecule has 1 aliphatic carbocycles. The van der Waals surface area contributed by atoms with Gasteiger partial charge < -0.3 is 4.90 Å². The number of likely N-dealkylation sites (tertiary alicyclic amines) is 1. The van der Waals surface area contributed by atoms with Crippen molar-refractivity contribution in [2.45, 2.75) is 36.9 Å². The summed E-state index contributed by atoms with van der Waals surface area (Å²) in [5, 5.41) is 0. The van der Waals surface area contributed by atoms with Crippen LogP contribution in [0.4, 0.5) is 13.2 Å². The third kappa shape index (κ3) is 4.34. The highest BCUT2D eigenvalue weighted by Crippen LogP contribution is 2.57. The van der Waals surface area contributed by atoms with Gasteiger partial charge in [0.25, 0.3) is 5.91 Å². The van der Waals surface area contributed by atoms with Crippen LogP contribution in [0.25, 0.3) is 11.1 Å². The van der Waals surface area contributed by atoms with E-state index < -0.39 is 45.2 Å². The molecule has 2 aromatic rings. The predicted octanol–water partition coefficient (Wildman–Crippen LogP) is 3.37. The molecule has 0 radical (unpaired) electrons. The minimum Gasteiger partial charge on any atom is -0.338 e. The molecule has 31 heavy (non-hydrogen) atoms. The van der Waals surface area contributed by atoms with Crippen molar-refractivity contribution in [1.29, 1.82) is 0 Å². The normalized spacial score (nSPS) is 26.0. The van der Waals surface area contributed by atoms with E-state index in [1.165, 1.54) is 17.0 Å². The third-order valence-corrected chi connectivity index (χ3v) is 6.67. The summed E-state index contributed by atoms with van der Waals surface area (Å²) in [6.07, 6.45) is 2.07. The molecule has 2 aromatic carbocycles. The van der Waals surface area contributed by atoms with Crippen LogP contribution in [0.2, 0.25) is 0 Å². The molecule has 1 N–H and O–H groups in total. The standard InChI is InChI=1S/C22H23F3N2O3S/c1-31(29,30)26-14-6-5-11-27(13-14)21(28)22(25)12-17(22)15-7-2-3-8-16(15)20-18(23)9-4-10-19(20)24/h2-4,7-10,14,17,26H,5-6,11-13H2,1H3/t14-,17?,22?/m0/s1. The number of hydrogen-bond acceptors (Lipinski definition) is 3. The van der Waals surface area contributed by atoms with Gasteiger partial charge in [-0.25, -0.2) is 26.3 Å². The van der Waals surface area contributed by atoms with Crippen molar-refractivity contribution in [2.75, 3.05) is 19.3 Å². The van der Waals surface area contributed by atoms with Crippen LogP contribution in [0.3, 0.4) is 0 Å². The quantitative estimate of drug-likeness (QED) is 0.757. The van der Waals surface area contributed by atoms with Crippen molar-refractivity contribution >= 4 is 15.9 Å². The number of benzene rings is 2. The fourth-order valence-electron chi connectivity index (χ4n) is 4.44. The van der Waals surface area contributed by atoms with E-state index in [0.717, 1.165) is 18.4 Å². The van der Waals surface area contributed by atoms with Gasteiger partial charge in [-0.1, -0.05) is 30.3 Å². The van der Waals surface area contributed by atoms with Crippen molar-refractivity contribution in [2.24, 2.45) is 0 Å². The molecular weight excluding hydrogens is 429 g/mol. The maximum Gasteiger partial charge on any atom is 0.260 e. The van der Waals surface area contributed by atoms with Gasteiger partial charge in [0, 0.05) is 31.5 Å². The molecule has 1 saturated heterocycles. The van der Waals surface area contributed by atoms with Crippen molar-refractivity contribution < 1.29 is 26.4 Å². The number of piperidine rings is 1. The van der Waals surface area contributed by atoms with Crippen molar-refractivity contribution in [3.8, 4) is 11.1 Å². The largest absolute Gasteiger partial charge is 0.338 e. The number of sulfonamides is 1. The summed E-state index contributed by atoms with van der Waals surface area (Å²) < 4.78 is 69.9. The molecule has 2 aliphatic rings. The Labute approximate surface area is 179 Å². The fraction of sp³-hybridized carbons (Fsp3) is 0.409. The summed E-state index contributed by atoms with van der Waals surface area (Å²) in [5.74, 6) is -3.04.